The smallest absolute Gasteiger partial charge is 0.260 e. The van der Waals surface area contributed by atoms with Gasteiger partial charge in [0, 0.05) is 25.7 Å². The average Bonchev–Trinajstić information content (AvgIpc) is 2.84. The minimum Gasteiger partial charge on any atom is -0.326 e. The Morgan fingerprint density at radius 1 is 1.59 bits per heavy atom. The summed E-state index contributed by atoms with van der Waals surface area (Å²) >= 11 is 0. The maximum absolute atomic E-state index is 12.4. The molecular formula is C10H18N4O2S. The molecule has 1 aromatic heterocycles. The summed E-state index contributed by atoms with van der Waals surface area (Å²) in [5.74, 6) is 0. The summed E-state index contributed by atoms with van der Waals surface area (Å²) < 4.78 is 27.7. The SMILES string of the molecule is CCn1nc(C)cc1S(=O)(=O)N1CCC(N)C1. The lowest BCUT2D eigenvalue weighted by atomic mass is 10.3. The van der Waals surface area contributed by atoms with E-state index < -0.39 is 10.0 Å². The van der Waals surface area contributed by atoms with Gasteiger partial charge in [-0.1, -0.05) is 0 Å². The highest BCUT2D eigenvalue weighted by atomic mass is 32.2. The van der Waals surface area contributed by atoms with Gasteiger partial charge in [-0.2, -0.15) is 9.40 Å². The number of sulfonamides is 1. The Bertz CT molecular complexity index is 508. The van der Waals surface area contributed by atoms with Crippen LogP contribution in [-0.2, 0) is 16.6 Å². The van der Waals surface area contributed by atoms with E-state index in [0.717, 1.165) is 6.42 Å². The quantitative estimate of drug-likeness (QED) is 0.823. The van der Waals surface area contributed by atoms with Crippen molar-refractivity contribution in [3.05, 3.63) is 11.8 Å². The molecule has 1 fully saturated rings. The molecule has 2 N–H and O–H groups in total. The fourth-order valence-corrected chi connectivity index (χ4v) is 3.81. The first-order valence-electron chi connectivity index (χ1n) is 5.75. The van der Waals surface area contributed by atoms with Gasteiger partial charge in [0.25, 0.3) is 10.0 Å². The second-order valence-corrected chi connectivity index (χ2v) is 6.24. The third kappa shape index (κ3) is 2.22. The Morgan fingerprint density at radius 3 is 2.82 bits per heavy atom. The monoisotopic (exact) mass is 258 g/mol. The molecule has 1 unspecified atom stereocenters. The van der Waals surface area contributed by atoms with Gasteiger partial charge in [0.2, 0.25) is 0 Å². The first kappa shape index (κ1) is 12.5. The number of nitrogens with zero attached hydrogens (tertiary/aromatic N) is 3. The first-order chi connectivity index (χ1) is 7.95. The summed E-state index contributed by atoms with van der Waals surface area (Å²) in [5.41, 5.74) is 6.46. The van der Waals surface area contributed by atoms with Gasteiger partial charge < -0.3 is 5.73 Å². The van der Waals surface area contributed by atoms with Crippen LogP contribution in [0.5, 0.6) is 0 Å². The van der Waals surface area contributed by atoms with E-state index in [1.807, 2.05) is 6.92 Å². The lowest BCUT2D eigenvalue weighted by Crippen LogP contribution is -2.33. The largest absolute Gasteiger partial charge is 0.326 e. The molecule has 0 radical (unpaired) electrons. The minimum atomic E-state index is -3.44. The zero-order valence-electron chi connectivity index (χ0n) is 10.1. The van der Waals surface area contributed by atoms with Gasteiger partial charge in [-0.3, -0.25) is 4.68 Å². The maximum Gasteiger partial charge on any atom is 0.260 e. The number of hydrogen-bond acceptors (Lipinski definition) is 4. The summed E-state index contributed by atoms with van der Waals surface area (Å²) in [7, 11) is -3.44. The Kier molecular flexibility index (Phi) is 3.24. The molecule has 6 nitrogen and oxygen atoms in total. The number of rotatable bonds is 3. The van der Waals surface area contributed by atoms with Crippen molar-refractivity contribution in [1.29, 1.82) is 0 Å². The van der Waals surface area contributed by atoms with Gasteiger partial charge in [-0.25, -0.2) is 8.42 Å². The normalized spacial score (nSPS) is 22.2. The zero-order valence-corrected chi connectivity index (χ0v) is 10.9. The molecule has 96 valence electrons. The van der Waals surface area contributed by atoms with E-state index in [1.54, 1.807) is 13.0 Å². The van der Waals surface area contributed by atoms with E-state index >= 15 is 0 Å². The predicted molar refractivity (Wildman–Crippen MR) is 64.0 cm³/mol. The van der Waals surface area contributed by atoms with Crippen molar-refractivity contribution in [2.75, 3.05) is 13.1 Å². The second kappa shape index (κ2) is 4.40. The van der Waals surface area contributed by atoms with Crippen LogP contribution in [0.2, 0.25) is 0 Å². The van der Waals surface area contributed by atoms with Crippen molar-refractivity contribution >= 4 is 10.0 Å². The summed E-state index contributed by atoms with van der Waals surface area (Å²) in [6, 6.07) is 1.56. The van der Waals surface area contributed by atoms with E-state index in [1.165, 1.54) is 8.99 Å². The van der Waals surface area contributed by atoms with Gasteiger partial charge >= 0.3 is 0 Å². The van der Waals surface area contributed by atoms with Crippen LogP contribution in [0.3, 0.4) is 0 Å². The first-order valence-corrected chi connectivity index (χ1v) is 7.19. The van der Waals surface area contributed by atoms with Gasteiger partial charge in [-0.05, 0) is 26.3 Å². The highest BCUT2D eigenvalue weighted by molar-refractivity contribution is 7.89. The zero-order chi connectivity index (χ0) is 12.6. The third-order valence-electron chi connectivity index (χ3n) is 2.96. The standard InChI is InChI=1S/C10H18N4O2S/c1-3-14-10(6-8(2)12-14)17(15,16)13-5-4-9(11)7-13/h6,9H,3-5,7,11H2,1-2H3. The Balaban J connectivity index is 2.37. The number of aryl methyl sites for hydroxylation is 2. The molecule has 0 aliphatic carbocycles. The predicted octanol–water partition coefficient (Wildman–Crippen LogP) is -0.0669. The highest BCUT2D eigenvalue weighted by Crippen LogP contribution is 2.21. The summed E-state index contributed by atoms with van der Waals surface area (Å²) in [6.07, 6.45) is 0.721. The van der Waals surface area contributed by atoms with Gasteiger partial charge in [0.1, 0.15) is 0 Å². The molecular weight excluding hydrogens is 240 g/mol. The van der Waals surface area contributed by atoms with E-state index in [-0.39, 0.29) is 11.1 Å². The van der Waals surface area contributed by atoms with Crippen LogP contribution in [0.25, 0.3) is 0 Å². The molecule has 0 spiro atoms. The van der Waals surface area contributed by atoms with Crippen LogP contribution in [0.4, 0.5) is 0 Å². The topological polar surface area (TPSA) is 81.2 Å². The van der Waals surface area contributed by atoms with Crippen LogP contribution in [-0.4, -0.2) is 41.6 Å². The maximum atomic E-state index is 12.4. The Morgan fingerprint density at radius 2 is 2.29 bits per heavy atom. The summed E-state index contributed by atoms with van der Waals surface area (Å²) in [6.45, 7) is 5.11. The molecule has 1 saturated heterocycles. The molecule has 0 bridgehead atoms. The van der Waals surface area contributed by atoms with Crippen LogP contribution in [0.1, 0.15) is 19.0 Å². The summed E-state index contributed by atoms with van der Waals surface area (Å²) in [5, 5.41) is 4.44. The second-order valence-electron chi connectivity index (χ2n) is 4.35. The van der Waals surface area contributed by atoms with E-state index in [4.69, 9.17) is 5.73 Å². The molecule has 2 rings (SSSR count). The molecule has 7 heteroatoms. The van der Waals surface area contributed by atoms with Crippen molar-refractivity contribution < 1.29 is 8.42 Å². The van der Waals surface area contributed by atoms with Crippen molar-refractivity contribution in [2.24, 2.45) is 5.73 Å². The fraction of sp³-hybridized carbons (Fsp3) is 0.700. The molecule has 1 aliphatic rings. The highest BCUT2D eigenvalue weighted by Gasteiger charge is 2.33. The number of hydrogen-bond donors (Lipinski definition) is 1. The van der Waals surface area contributed by atoms with Crippen molar-refractivity contribution in [3.63, 3.8) is 0 Å². The molecule has 1 aliphatic heterocycles. The van der Waals surface area contributed by atoms with Gasteiger partial charge in [-0.15, -0.1) is 0 Å². The molecule has 0 amide bonds. The third-order valence-corrected chi connectivity index (χ3v) is 4.83. The molecule has 1 atom stereocenters. The lowest BCUT2D eigenvalue weighted by Gasteiger charge is -2.16. The van der Waals surface area contributed by atoms with E-state index in [2.05, 4.69) is 5.10 Å². The molecule has 0 aromatic carbocycles. The molecule has 17 heavy (non-hydrogen) atoms. The number of nitrogens with two attached hydrogens (primary N) is 1. The van der Waals surface area contributed by atoms with E-state index in [9.17, 15) is 8.42 Å². The Hall–Kier alpha value is -0.920. The van der Waals surface area contributed by atoms with Crippen molar-refractivity contribution in [1.82, 2.24) is 14.1 Å². The number of aromatic nitrogens is 2. The van der Waals surface area contributed by atoms with Crippen molar-refractivity contribution in [3.8, 4) is 0 Å². The van der Waals surface area contributed by atoms with Gasteiger partial charge in [0.15, 0.2) is 5.03 Å². The van der Waals surface area contributed by atoms with Crippen LogP contribution in [0.15, 0.2) is 11.1 Å². The molecule has 1 aromatic rings. The van der Waals surface area contributed by atoms with Gasteiger partial charge in [0.05, 0.1) is 5.69 Å². The molecule has 0 saturated carbocycles. The van der Waals surface area contributed by atoms with Crippen LogP contribution < -0.4 is 5.73 Å². The molecule has 2 heterocycles. The van der Waals surface area contributed by atoms with Crippen LogP contribution in [0, 0.1) is 6.92 Å². The Labute approximate surface area is 101 Å². The minimum absolute atomic E-state index is 0.0520. The van der Waals surface area contributed by atoms with Crippen molar-refractivity contribution in [2.45, 2.75) is 37.9 Å². The fourth-order valence-electron chi connectivity index (χ4n) is 2.06. The van der Waals surface area contributed by atoms with Crippen LogP contribution >= 0.6 is 0 Å². The summed E-state index contributed by atoms with van der Waals surface area (Å²) in [4.78, 5) is 0. The lowest BCUT2D eigenvalue weighted by molar-refractivity contribution is 0.457. The average molecular weight is 258 g/mol. The van der Waals surface area contributed by atoms with E-state index in [0.29, 0.717) is 25.3 Å².